The molecule has 10 heteroatoms. The zero-order valence-corrected chi connectivity index (χ0v) is 20.5. The van der Waals surface area contributed by atoms with Crippen LogP contribution < -0.4 is 15.8 Å². The molecule has 1 aliphatic rings. The van der Waals surface area contributed by atoms with Gasteiger partial charge in [0.1, 0.15) is 17.0 Å². The molecule has 0 radical (unpaired) electrons. The highest BCUT2D eigenvalue weighted by Gasteiger charge is 2.31. The third-order valence-electron chi connectivity index (χ3n) is 6.69. The summed E-state index contributed by atoms with van der Waals surface area (Å²) in [4.78, 5) is 25.5. The van der Waals surface area contributed by atoms with Crippen LogP contribution in [0.3, 0.4) is 0 Å². The fraction of sp³-hybridized carbons (Fsp3) is 0.346. The molecule has 36 heavy (non-hydrogen) atoms. The summed E-state index contributed by atoms with van der Waals surface area (Å²) in [6, 6.07) is 13.8. The fourth-order valence-electron chi connectivity index (χ4n) is 4.79. The maximum absolute atomic E-state index is 12.9. The van der Waals surface area contributed by atoms with E-state index < -0.39 is 12.6 Å². The number of hydrogen-bond acceptors (Lipinski definition) is 6. The minimum Gasteiger partial charge on any atom is -0.356 e. The molecule has 1 aliphatic carbocycles. The maximum atomic E-state index is 12.9. The predicted molar refractivity (Wildman–Crippen MR) is 136 cm³/mol. The Balaban J connectivity index is 1.20. The molecule has 1 fully saturated rings. The van der Waals surface area contributed by atoms with E-state index in [-0.39, 0.29) is 16.5 Å². The Bertz CT molecular complexity index is 1380. The largest absolute Gasteiger partial charge is 0.393 e. The van der Waals surface area contributed by atoms with Crippen molar-refractivity contribution in [1.82, 2.24) is 20.3 Å². The molecule has 2 N–H and O–H groups in total. The highest BCUT2D eigenvalue weighted by molar-refractivity contribution is 7.18. The van der Waals surface area contributed by atoms with Gasteiger partial charge in [-0.1, -0.05) is 24.3 Å². The van der Waals surface area contributed by atoms with Crippen LogP contribution in [0, 0.1) is 0 Å². The van der Waals surface area contributed by atoms with E-state index in [4.69, 9.17) is 0 Å². The third kappa shape index (κ3) is 5.60. The molecule has 2 unspecified atom stereocenters. The lowest BCUT2D eigenvalue weighted by atomic mass is 10.1. The molecule has 0 saturated heterocycles. The summed E-state index contributed by atoms with van der Waals surface area (Å²) >= 11 is 1.08. The van der Waals surface area contributed by atoms with Crippen LogP contribution in [0.25, 0.3) is 21.3 Å². The first-order chi connectivity index (χ1) is 17.2. The SMILES string of the molecule is CN(c1ncnc2sc(CC(F)(F)F)cc12)C1CCC(NCc2ccc(-c3ccc(=O)[nH]c3)cc2)C1. The van der Waals surface area contributed by atoms with E-state index in [2.05, 4.69) is 37.3 Å². The maximum Gasteiger partial charge on any atom is 0.393 e. The number of aromatic nitrogens is 3. The monoisotopic (exact) mass is 513 g/mol. The van der Waals surface area contributed by atoms with Gasteiger partial charge in [-0.3, -0.25) is 4.79 Å². The molecule has 1 saturated carbocycles. The minimum atomic E-state index is -4.24. The highest BCUT2D eigenvalue weighted by Crippen LogP contribution is 2.35. The number of benzene rings is 1. The molecule has 6 nitrogen and oxygen atoms in total. The van der Waals surface area contributed by atoms with Crippen molar-refractivity contribution < 1.29 is 13.2 Å². The molecular formula is C26H26F3N5OS. The number of nitrogens with one attached hydrogen (secondary N) is 2. The molecule has 3 aromatic heterocycles. The number of pyridine rings is 1. The summed E-state index contributed by atoms with van der Waals surface area (Å²) in [6.07, 6.45) is 0.876. The van der Waals surface area contributed by atoms with Crippen LogP contribution in [0.5, 0.6) is 0 Å². The zero-order valence-electron chi connectivity index (χ0n) is 19.7. The number of nitrogens with zero attached hydrogens (tertiary/aromatic N) is 3. The molecule has 0 bridgehead atoms. The van der Waals surface area contributed by atoms with Gasteiger partial charge in [-0.2, -0.15) is 13.2 Å². The molecule has 0 spiro atoms. The first-order valence-corrected chi connectivity index (χ1v) is 12.6. The molecule has 2 atom stereocenters. The van der Waals surface area contributed by atoms with Crippen molar-refractivity contribution in [2.24, 2.45) is 0 Å². The zero-order chi connectivity index (χ0) is 25.3. The quantitative estimate of drug-likeness (QED) is 0.351. The number of halogens is 3. The molecule has 188 valence electrons. The van der Waals surface area contributed by atoms with Crippen LogP contribution in [0.4, 0.5) is 19.0 Å². The Morgan fingerprint density at radius 1 is 1.11 bits per heavy atom. The van der Waals surface area contributed by atoms with Crippen LogP contribution in [-0.2, 0) is 13.0 Å². The summed E-state index contributed by atoms with van der Waals surface area (Å²) in [5, 5.41) is 4.32. The van der Waals surface area contributed by atoms with Crippen molar-refractivity contribution in [2.75, 3.05) is 11.9 Å². The Kier molecular flexibility index (Phi) is 6.81. The Morgan fingerprint density at radius 3 is 2.61 bits per heavy atom. The molecule has 4 aromatic rings. The van der Waals surface area contributed by atoms with E-state index in [9.17, 15) is 18.0 Å². The number of fused-ring (bicyclic) bond motifs is 1. The van der Waals surface area contributed by atoms with Crippen LogP contribution in [0.15, 0.2) is 59.8 Å². The van der Waals surface area contributed by atoms with Crippen LogP contribution in [0.2, 0.25) is 0 Å². The molecule has 0 aliphatic heterocycles. The minimum absolute atomic E-state index is 0.120. The Labute approximate surface area is 210 Å². The van der Waals surface area contributed by atoms with Crippen LogP contribution in [-0.4, -0.2) is 40.3 Å². The lowest BCUT2D eigenvalue weighted by Crippen LogP contribution is -2.33. The number of anilines is 1. The number of thiophene rings is 1. The van der Waals surface area contributed by atoms with Gasteiger partial charge >= 0.3 is 6.18 Å². The second-order valence-corrected chi connectivity index (χ2v) is 10.3. The van der Waals surface area contributed by atoms with Crippen molar-refractivity contribution in [3.05, 3.63) is 75.8 Å². The topological polar surface area (TPSA) is 73.9 Å². The van der Waals surface area contributed by atoms with Gasteiger partial charge < -0.3 is 15.2 Å². The summed E-state index contributed by atoms with van der Waals surface area (Å²) in [5.74, 6) is 0.688. The average molecular weight is 514 g/mol. The van der Waals surface area contributed by atoms with Gasteiger partial charge in [-0.05, 0) is 48.1 Å². The second kappa shape index (κ2) is 10.0. The average Bonchev–Trinajstić information content (AvgIpc) is 3.48. The standard InChI is InChI=1S/C26H26F3N5OS/c1-34(24-22-11-21(12-26(27,28)29)36-25(22)33-15-32-24)20-8-7-19(10-20)30-13-16-2-4-17(5-3-16)18-6-9-23(35)31-14-18/h2-6,9,11,14-15,19-20,30H,7-8,10,12-13H2,1H3,(H,31,35). The van der Waals surface area contributed by atoms with Gasteiger partial charge in [0.2, 0.25) is 5.56 Å². The normalized spacial score (nSPS) is 18.1. The van der Waals surface area contributed by atoms with E-state index in [1.807, 2.05) is 19.2 Å². The number of aromatic amines is 1. The smallest absolute Gasteiger partial charge is 0.356 e. The van der Waals surface area contributed by atoms with E-state index >= 15 is 0 Å². The molecule has 1 aromatic carbocycles. The summed E-state index contributed by atoms with van der Waals surface area (Å²) in [7, 11) is 1.96. The molecular weight excluding hydrogens is 487 g/mol. The lowest BCUT2D eigenvalue weighted by molar-refractivity contribution is -0.126. The summed E-state index contributed by atoms with van der Waals surface area (Å²) in [5.41, 5.74) is 3.06. The first kappa shape index (κ1) is 24.5. The van der Waals surface area contributed by atoms with Crippen molar-refractivity contribution >= 4 is 27.4 Å². The molecule has 0 amide bonds. The van der Waals surface area contributed by atoms with Gasteiger partial charge in [0.05, 0.1) is 11.8 Å². The number of H-pyrrole nitrogens is 1. The van der Waals surface area contributed by atoms with Gasteiger partial charge in [-0.15, -0.1) is 11.3 Å². The predicted octanol–water partition coefficient (Wildman–Crippen LogP) is 5.30. The van der Waals surface area contributed by atoms with Crippen LogP contribution >= 0.6 is 11.3 Å². The molecule has 5 rings (SSSR count). The fourth-order valence-corrected chi connectivity index (χ4v) is 5.81. The van der Waals surface area contributed by atoms with Crippen molar-refractivity contribution in [1.29, 1.82) is 0 Å². The van der Waals surface area contributed by atoms with Crippen molar-refractivity contribution in [3.63, 3.8) is 0 Å². The summed E-state index contributed by atoms with van der Waals surface area (Å²) in [6.45, 7) is 0.746. The van der Waals surface area contributed by atoms with E-state index in [0.29, 0.717) is 22.1 Å². The van der Waals surface area contributed by atoms with Gasteiger partial charge in [0, 0.05) is 42.8 Å². The van der Waals surface area contributed by atoms with Gasteiger partial charge in [0.15, 0.2) is 0 Å². The lowest BCUT2D eigenvalue weighted by Gasteiger charge is -2.26. The van der Waals surface area contributed by atoms with Crippen molar-refractivity contribution in [3.8, 4) is 11.1 Å². The number of hydrogen-bond donors (Lipinski definition) is 2. The van der Waals surface area contributed by atoms with Crippen LogP contribution in [0.1, 0.15) is 29.7 Å². The van der Waals surface area contributed by atoms with Gasteiger partial charge in [0.25, 0.3) is 0 Å². The summed E-state index contributed by atoms with van der Waals surface area (Å²) < 4.78 is 38.6. The second-order valence-electron chi connectivity index (χ2n) is 9.21. The Morgan fingerprint density at radius 2 is 1.89 bits per heavy atom. The van der Waals surface area contributed by atoms with E-state index in [1.54, 1.807) is 18.3 Å². The molecule has 3 heterocycles. The Hall–Kier alpha value is -3.24. The first-order valence-electron chi connectivity index (χ1n) is 11.8. The van der Waals surface area contributed by atoms with Crippen molar-refractivity contribution in [2.45, 2.75) is 50.5 Å². The number of alkyl halides is 3. The third-order valence-corrected chi connectivity index (χ3v) is 7.73. The highest BCUT2D eigenvalue weighted by atomic mass is 32.1. The van der Waals surface area contributed by atoms with Gasteiger partial charge in [-0.25, -0.2) is 9.97 Å². The van der Waals surface area contributed by atoms with E-state index in [0.717, 1.165) is 48.3 Å². The number of rotatable bonds is 7. The van der Waals surface area contributed by atoms with E-state index in [1.165, 1.54) is 18.0 Å².